The van der Waals surface area contributed by atoms with Gasteiger partial charge in [-0.1, -0.05) is 11.6 Å². The van der Waals surface area contributed by atoms with Gasteiger partial charge >= 0.3 is 5.69 Å². The number of carbonyl (C=O) groups excluding carboxylic acids is 1. The van der Waals surface area contributed by atoms with Crippen LogP contribution in [0.2, 0.25) is 5.02 Å². The Kier molecular flexibility index (Phi) is 4.08. The van der Waals surface area contributed by atoms with E-state index in [9.17, 15) is 9.59 Å². The van der Waals surface area contributed by atoms with Crippen LogP contribution in [0.15, 0.2) is 23.3 Å². The Morgan fingerprint density at radius 3 is 2.87 bits per heavy atom. The Hall–Kier alpha value is -2.35. The third-order valence-corrected chi connectivity index (χ3v) is 4.09. The minimum absolute atomic E-state index is 0.0537. The molecule has 1 aliphatic heterocycles. The van der Waals surface area contributed by atoms with E-state index in [-0.39, 0.29) is 18.1 Å². The van der Waals surface area contributed by atoms with Gasteiger partial charge in [0.15, 0.2) is 5.82 Å². The molecular formula is C14H17ClN6O2. The van der Waals surface area contributed by atoms with Crippen LogP contribution in [0.25, 0.3) is 0 Å². The molecule has 0 saturated heterocycles. The molecule has 0 saturated carbocycles. The normalized spacial score (nSPS) is 13.8. The van der Waals surface area contributed by atoms with Crippen molar-refractivity contribution in [3.8, 4) is 0 Å². The fraction of sp³-hybridized carbons (Fsp3) is 0.429. The van der Waals surface area contributed by atoms with E-state index in [1.54, 1.807) is 31.1 Å². The lowest BCUT2D eigenvalue weighted by Crippen LogP contribution is -2.38. The Morgan fingerprint density at radius 1 is 1.39 bits per heavy atom. The molecule has 2 aromatic heterocycles. The van der Waals surface area contributed by atoms with Gasteiger partial charge in [-0.3, -0.25) is 14.3 Å². The molecule has 0 aromatic carbocycles. The number of hydrogen-bond donors (Lipinski definition) is 0. The van der Waals surface area contributed by atoms with Crippen LogP contribution < -0.4 is 10.6 Å². The summed E-state index contributed by atoms with van der Waals surface area (Å²) in [5, 5.41) is 4.86. The van der Waals surface area contributed by atoms with Gasteiger partial charge in [0, 0.05) is 39.6 Å². The maximum Gasteiger partial charge on any atom is 0.346 e. The molecule has 8 nitrogen and oxygen atoms in total. The minimum Gasteiger partial charge on any atom is -0.361 e. The number of aromatic nitrogens is 4. The van der Waals surface area contributed by atoms with Gasteiger partial charge in [0.05, 0.1) is 17.3 Å². The summed E-state index contributed by atoms with van der Waals surface area (Å²) in [6.07, 6.45) is 3.27. The third-order valence-electron chi connectivity index (χ3n) is 3.80. The SMILES string of the molecule is CN(C)C(=O)Cn1nc2n(c1=O)CCN(c1ccncc1Cl)C2. The zero-order valence-corrected chi connectivity index (χ0v) is 13.7. The molecule has 9 heteroatoms. The summed E-state index contributed by atoms with van der Waals surface area (Å²) in [5.74, 6) is 0.456. The van der Waals surface area contributed by atoms with E-state index in [1.165, 1.54) is 9.58 Å². The van der Waals surface area contributed by atoms with Gasteiger partial charge < -0.3 is 9.80 Å². The van der Waals surface area contributed by atoms with Crippen LogP contribution in [0.4, 0.5) is 5.69 Å². The number of anilines is 1. The van der Waals surface area contributed by atoms with E-state index < -0.39 is 0 Å². The number of carbonyl (C=O) groups is 1. The van der Waals surface area contributed by atoms with Gasteiger partial charge in [0.1, 0.15) is 6.54 Å². The van der Waals surface area contributed by atoms with Crippen molar-refractivity contribution in [1.29, 1.82) is 0 Å². The predicted molar refractivity (Wildman–Crippen MR) is 85.5 cm³/mol. The van der Waals surface area contributed by atoms with Crippen LogP contribution in [-0.2, 0) is 24.4 Å². The van der Waals surface area contributed by atoms with Crippen LogP contribution in [0, 0.1) is 0 Å². The highest BCUT2D eigenvalue weighted by atomic mass is 35.5. The fourth-order valence-corrected chi connectivity index (χ4v) is 2.74. The van der Waals surface area contributed by atoms with E-state index in [2.05, 4.69) is 10.1 Å². The highest BCUT2D eigenvalue weighted by molar-refractivity contribution is 6.33. The Bertz CT molecular complexity index is 797. The molecule has 0 fully saturated rings. The number of fused-ring (bicyclic) bond motifs is 1. The molecule has 122 valence electrons. The summed E-state index contributed by atoms with van der Waals surface area (Å²) in [7, 11) is 3.30. The van der Waals surface area contributed by atoms with Gasteiger partial charge in [-0.25, -0.2) is 9.48 Å². The number of nitrogens with zero attached hydrogens (tertiary/aromatic N) is 6. The Labute approximate surface area is 137 Å². The van der Waals surface area contributed by atoms with Crippen molar-refractivity contribution in [3.05, 3.63) is 39.8 Å². The molecule has 0 aliphatic carbocycles. The number of hydrogen-bond acceptors (Lipinski definition) is 5. The molecule has 0 atom stereocenters. The zero-order chi connectivity index (χ0) is 16.6. The molecule has 3 heterocycles. The molecule has 0 spiro atoms. The average molecular weight is 337 g/mol. The minimum atomic E-state index is -0.254. The van der Waals surface area contributed by atoms with Crippen molar-refractivity contribution < 1.29 is 4.79 Å². The van der Waals surface area contributed by atoms with E-state index in [4.69, 9.17) is 11.6 Å². The molecular weight excluding hydrogens is 320 g/mol. The second-order valence-corrected chi connectivity index (χ2v) is 5.95. The largest absolute Gasteiger partial charge is 0.361 e. The summed E-state index contributed by atoms with van der Waals surface area (Å²) >= 11 is 6.18. The summed E-state index contributed by atoms with van der Waals surface area (Å²) < 4.78 is 2.82. The summed E-state index contributed by atoms with van der Waals surface area (Å²) in [5.41, 5.74) is 0.606. The Balaban J connectivity index is 1.86. The summed E-state index contributed by atoms with van der Waals surface area (Å²) in [4.78, 5) is 31.6. The van der Waals surface area contributed by atoms with Crippen LogP contribution >= 0.6 is 11.6 Å². The van der Waals surface area contributed by atoms with Crippen LogP contribution in [0.3, 0.4) is 0 Å². The summed E-state index contributed by atoms with van der Waals surface area (Å²) in [6, 6.07) is 1.84. The van der Waals surface area contributed by atoms with Gasteiger partial charge in [0.2, 0.25) is 5.91 Å². The number of likely N-dealkylation sites (N-methyl/N-ethyl adjacent to an activating group) is 1. The van der Waals surface area contributed by atoms with E-state index in [0.717, 1.165) is 5.69 Å². The second kappa shape index (κ2) is 6.04. The van der Waals surface area contributed by atoms with E-state index in [1.807, 2.05) is 11.0 Å². The molecule has 0 bridgehead atoms. The highest BCUT2D eigenvalue weighted by Crippen LogP contribution is 2.26. The van der Waals surface area contributed by atoms with Crippen molar-refractivity contribution in [2.24, 2.45) is 0 Å². The molecule has 23 heavy (non-hydrogen) atoms. The fourth-order valence-electron chi connectivity index (χ4n) is 2.50. The number of rotatable bonds is 3. The molecule has 2 aromatic rings. The van der Waals surface area contributed by atoms with Gasteiger partial charge in [-0.2, -0.15) is 5.10 Å². The monoisotopic (exact) mass is 336 g/mol. The van der Waals surface area contributed by atoms with Gasteiger partial charge in [0.25, 0.3) is 0 Å². The Morgan fingerprint density at radius 2 is 2.17 bits per heavy atom. The van der Waals surface area contributed by atoms with Crippen LogP contribution in [-0.4, -0.2) is 50.8 Å². The summed E-state index contributed by atoms with van der Waals surface area (Å²) in [6.45, 7) is 1.55. The molecule has 3 rings (SSSR count). The standard InChI is InChI=1S/C14H17ClN6O2/c1-18(2)13(22)9-21-14(23)20-6-5-19(8-12(20)17-21)11-3-4-16-7-10(11)15/h3-4,7H,5-6,8-9H2,1-2H3. The van der Waals surface area contributed by atoms with Gasteiger partial charge in [-0.15, -0.1) is 0 Å². The van der Waals surface area contributed by atoms with Crippen molar-refractivity contribution >= 4 is 23.2 Å². The quantitative estimate of drug-likeness (QED) is 0.800. The second-order valence-electron chi connectivity index (χ2n) is 5.54. The maximum atomic E-state index is 12.3. The smallest absolute Gasteiger partial charge is 0.346 e. The van der Waals surface area contributed by atoms with Crippen molar-refractivity contribution in [2.75, 3.05) is 25.5 Å². The van der Waals surface area contributed by atoms with Gasteiger partial charge in [-0.05, 0) is 6.07 Å². The number of halogens is 1. The molecule has 0 unspecified atom stereocenters. The number of amides is 1. The maximum absolute atomic E-state index is 12.3. The predicted octanol–water partition coefficient (Wildman–Crippen LogP) is 0.202. The van der Waals surface area contributed by atoms with Crippen LogP contribution in [0.1, 0.15) is 5.82 Å². The molecule has 1 aliphatic rings. The first kappa shape index (κ1) is 15.5. The first-order chi connectivity index (χ1) is 11.0. The van der Waals surface area contributed by atoms with Crippen molar-refractivity contribution in [1.82, 2.24) is 24.2 Å². The molecule has 0 radical (unpaired) electrons. The molecule has 1 amide bonds. The lowest BCUT2D eigenvalue weighted by atomic mass is 10.3. The van der Waals surface area contributed by atoms with Crippen LogP contribution in [0.5, 0.6) is 0 Å². The lowest BCUT2D eigenvalue weighted by Gasteiger charge is -2.29. The van der Waals surface area contributed by atoms with E-state index in [0.29, 0.717) is 30.5 Å². The van der Waals surface area contributed by atoms with E-state index >= 15 is 0 Å². The highest BCUT2D eigenvalue weighted by Gasteiger charge is 2.24. The first-order valence-electron chi connectivity index (χ1n) is 7.18. The van der Waals surface area contributed by atoms with Crippen molar-refractivity contribution in [3.63, 3.8) is 0 Å². The molecule has 0 N–H and O–H groups in total. The lowest BCUT2D eigenvalue weighted by molar-refractivity contribution is -0.129. The van der Waals surface area contributed by atoms with Crippen molar-refractivity contribution in [2.45, 2.75) is 19.6 Å². The third kappa shape index (κ3) is 2.94. The average Bonchev–Trinajstić information content (AvgIpc) is 2.83. The number of pyridine rings is 1. The first-order valence-corrected chi connectivity index (χ1v) is 7.56. The topological polar surface area (TPSA) is 76.3 Å². The zero-order valence-electron chi connectivity index (χ0n) is 12.9.